The van der Waals surface area contributed by atoms with E-state index in [-0.39, 0.29) is 12.0 Å². The third-order valence-electron chi connectivity index (χ3n) is 4.72. The van der Waals surface area contributed by atoms with Crippen molar-refractivity contribution in [2.24, 2.45) is 5.73 Å². The van der Waals surface area contributed by atoms with Crippen LogP contribution in [0.15, 0.2) is 6.07 Å². The maximum absolute atomic E-state index is 12.8. The number of hydrogen-bond donors (Lipinski definition) is 1. The van der Waals surface area contributed by atoms with Gasteiger partial charge < -0.3 is 20.1 Å². The quantitative estimate of drug-likeness (QED) is 0.862. The first-order valence-corrected chi connectivity index (χ1v) is 8.26. The van der Waals surface area contributed by atoms with Gasteiger partial charge in [0, 0.05) is 32.0 Å². The van der Waals surface area contributed by atoms with Crippen molar-refractivity contribution in [1.29, 1.82) is 0 Å². The Hall–Kier alpha value is -1.44. The van der Waals surface area contributed by atoms with Crippen molar-refractivity contribution in [3.8, 4) is 0 Å². The molecule has 2 saturated heterocycles. The van der Waals surface area contributed by atoms with Crippen LogP contribution < -0.4 is 5.73 Å². The average molecular weight is 322 g/mol. The van der Waals surface area contributed by atoms with E-state index < -0.39 is 5.54 Å². The number of amides is 1. The van der Waals surface area contributed by atoms with Crippen molar-refractivity contribution < 1.29 is 14.3 Å². The second kappa shape index (κ2) is 6.59. The molecule has 2 aliphatic rings. The summed E-state index contributed by atoms with van der Waals surface area (Å²) < 4.78 is 13.1. The van der Waals surface area contributed by atoms with Crippen LogP contribution in [0.4, 0.5) is 0 Å². The summed E-state index contributed by atoms with van der Waals surface area (Å²) in [6.07, 6.45) is 1.13. The van der Waals surface area contributed by atoms with E-state index in [0.29, 0.717) is 52.3 Å². The van der Waals surface area contributed by atoms with Crippen LogP contribution in [0, 0.1) is 13.8 Å². The lowest BCUT2D eigenvalue weighted by Gasteiger charge is -2.40. The van der Waals surface area contributed by atoms with Gasteiger partial charge in [0.15, 0.2) is 0 Å². The fraction of sp³-hybridized carbons (Fsp3) is 0.750. The van der Waals surface area contributed by atoms with E-state index in [2.05, 4.69) is 5.10 Å². The summed E-state index contributed by atoms with van der Waals surface area (Å²) >= 11 is 0. The van der Waals surface area contributed by atoms with E-state index in [4.69, 9.17) is 15.2 Å². The van der Waals surface area contributed by atoms with Gasteiger partial charge >= 0.3 is 0 Å². The summed E-state index contributed by atoms with van der Waals surface area (Å²) in [4.78, 5) is 14.7. The van der Waals surface area contributed by atoms with E-state index in [0.717, 1.165) is 11.4 Å². The van der Waals surface area contributed by atoms with E-state index >= 15 is 0 Å². The summed E-state index contributed by atoms with van der Waals surface area (Å²) in [5, 5.41) is 4.47. The number of carbonyl (C=O) groups excluding carboxylic acids is 1. The zero-order chi connectivity index (χ0) is 16.4. The van der Waals surface area contributed by atoms with Gasteiger partial charge in [-0.15, -0.1) is 0 Å². The molecular weight excluding hydrogens is 296 g/mol. The van der Waals surface area contributed by atoms with Crippen molar-refractivity contribution in [3.05, 3.63) is 17.5 Å². The zero-order valence-corrected chi connectivity index (χ0v) is 14.0. The standard InChI is InChI=1S/C16H26N4O3/c1-12-9-13(2)20(18-12)11-14-10-19(5-8-23-14)15(21)16(17)3-6-22-7-4-16/h9,14H,3-8,10-11,17H2,1-2H3. The third kappa shape index (κ3) is 3.57. The lowest BCUT2D eigenvalue weighted by atomic mass is 9.89. The Morgan fingerprint density at radius 2 is 2.13 bits per heavy atom. The summed E-state index contributed by atoms with van der Waals surface area (Å²) in [7, 11) is 0. The van der Waals surface area contributed by atoms with Gasteiger partial charge in [-0.3, -0.25) is 9.48 Å². The highest BCUT2D eigenvalue weighted by molar-refractivity contribution is 5.86. The number of ether oxygens (including phenoxy) is 2. The highest BCUT2D eigenvalue weighted by Crippen LogP contribution is 2.22. The monoisotopic (exact) mass is 322 g/mol. The lowest BCUT2D eigenvalue weighted by Crippen LogP contribution is -2.61. The number of rotatable bonds is 3. The van der Waals surface area contributed by atoms with Crippen LogP contribution in [0.25, 0.3) is 0 Å². The van der Waals surface area contributed by atoms with Crippen molar-refractivity contribution in [3.63, 3.8) is 0 Å². The molecule has 2 N–H and O–H groups in total. The average Bonchev–Trinajstić information content (AvgIpc) is 2.85. The molecule has 0 bridgehead atoms. The molecule has 0 spiro atoms. The molecule has 7 heteroatoms. The molecule has 1 aromatic heterocycles. The van der Waals surface area contributed by atoms with E-state index in [1.165, 1.54) is 0 Å². The number of morpholine rings is 1. The molecule has 0 aromatic carbocycles. The first kappa shape index (κ1) is 16.4. The minimum Gasteiger partial charge on any atom is -0.381 e. The topological polar surface area (TPSA) is 82.6 Å². The number of nitrogens with zero attached hydrogens (tertiary/aromatic N) is 3. The molecule has 2 aliphatic heterocycles. The summed E-state index contributed by atoms with van der Waals surface area (Å²) in [5.41, 5.74) is 7.65. The Labute approximate surface area is 136 Å². The molecule has 0 aliphatic carbocycles. The lowest BCUT2D eigenvalue weighted by molar-refractivity contribution is -0.148. The minimum absolute atomic E-state index is 0.0301. The van der Waals surface area contributed by atoms with Crippen LogP contribution >= 0.6 is 0 Å². The Morgan fingerprint density at radius 3 is 2.78 bits per heavy atom. The first-order valence-electron chi connectivity index (χ1n) is 8.26. The molecule has 3 heterocycles. The normalized spacial score (nSPS) is 24.7. The van der Waals surface area contributed by atoms with Gasteiger partial charge in [0.25, 0.3) is 0 Å². The molecule has 1 amide bonds. The molecule has 1 aromatic rings. The maximum Gasteiger partial charge on any atom is 0.243 e. The molecule has 23 heavy (non-hydrogen) atoms. The molecule has 0 radical (unpaired) electrons. The SMILES string of the molecule is Cc1cc(C)n(CC2CN(C(=O)C3(N)CCOCC3)CCO2)n1. The van der Waals surface area contributed by atoms with Gasteiger partial charge in [0.2, 0.25) is 5.91 Å². The van der Waals surface area contributed by atoms with E-state index in [9.17, 15) is 4.79 Å². The van der Waals surface area contributed by atoms with Crippen LogP contribution in [0.1, 0.15) is 24.2 Å². The van der Waals surface area contributed by atoms with Gasteiger partial charge in [-0.05, 0) is 32.8 Å². The smallest absolute Gasteiger partial charge is 0.243 e. The Kier molecular flexibility index (Phi) is 4.70. The highest BCUT2D eigenvalue weighted by Gasteiger charge is 2.40. The molecule has 1 atom stereocenters. The number of nitrogens with two attached hydrogens (primary N) is 1. The van der Waals surface area contributed by atoms with Crippen LogP contribution in [-0.4, -0.2) is 65.1 Å². The zero-order valence-electron chi connectivity index (χ0n) is 14.0. The third-order valence-corrected chi connectivity index (χ3v) is 4.72. The second-order valence-corrected chi connectivity index (χ2v) is 6.62. The van der Waals surface area contributed by atoms with Gasteiger partial charge in [-0.25, -0.2) is 0 Å². The van der Waals surface area contributed by atoms with Crippen LogP contribution in [0.3, 0.4) is 0 Å². The van der Waals surface area contributed by atoms with Crippen LogP contribution in [0.2, 0.25) is 0 Å². The van der Waals surface area contributed by atoms with Gasteiger partial charge in [-0.2, -0.15) is 5.10 Å². The first-order chi connectivity index (χ1) is 11.0. The number of aryl methyl sites for hydroxylation is 2. The molecule has 1 unspecified atom stereocenters. The largest absolute Gasteiger partial charge is 0.381 e. The predicted molar refractivity (Wildman–Crippen MR) is 85.0 cm³/mol. The van der Waals surface area contributed by atoms with Crippen molar-refractivity contribution in [1.82, 2.24) is 14.7 Å². The van der Waals surface area contributed by atoms with E-state index in [1.54, 1.807) is 0 Å². The molecule has 3 rings (SSSR count). The van der Waals surface area contributed by atoms with Crippen LogP contribution in [0.5, 0.6) is 0 Å². The van der Waals surface area contributed by atoms with Crippen molar-refractivity contribution >= 4 is 5.91 Å². The van der Waals surface area contributed by atoms with Crippen LogP contribution in [-0.2, 0) is 20.8 Å². The fourth-order valence-corrected chi connectivity index (χ4v) is 3.33. The summed E-state index contributed by atoms with van der Waals surface area (Å²) in [6, 6.07) is 2.04. The van der Waals surface area contributed by atoms with Gasteiger partial charge in [-0.1, -0.05) is 0 Å². The Morgan fingerprint density at radius 1 is 1.39 bits per heavy atom. The Balaban J connectivity index is 1.63. The molecule has 0 saturated carbocycles. The van der Waals surface area contributed by atoms with Gasteiger partial charge in [0.05, 0.1) is 30.5 Å². The number of aromatic nitrogens is 2. The summed E-state index contributed by atoms with van der Waals surface area (Å²) in [5.74, 6) is 0.0301. The number of carbonyl (C=O) groups is 1. The fourth-order valence-electron chi connectivity index (χ4n) is 3.33. The maximum atomic E-state index is 12.8. The molecular formula is C16H26N4O3. The minimum atomic E-state index is -0.779. The molecule has 128 valence electrons. The van der Waals surface area contributed by atoms with E-state index in [1.807, 2.05) is 29.5 Å². The van der Waals surface area contributed by atoms with Crippen molar-refractivity contribution in [2.45, 2.75) is 44.9 Å². The van der Waals surface area contributed by atoms with Crippen molar-refractivity contribution in [2.75, 3.05) is 32.9 Å². The summed E-state index contributed by atoms with van der Waals surface area (Å²) in [6.45, 7) is 7.49. The number of hydrogen-bond acceptors (Lipinski definition) is 5. The second-order valence-electron chi connectivity index (χ2n) is 6.62. The molecule has 7 nitrogen and oxygen atoms in total. The predicted octanol–water partition coefficient (Wildman–Crippen LogP) is 0.235. The molecule has 2 fully saturated rings. The Bertz CT molecular complexity index is 566. The highest BCUT2D eigenvalue weighted by atomic mass is 16.5. The van der Waals surface area contributed by atoms with Gasteiger partial charge in [0.1, 0.15) is 0 Å².